The molecule has 22 heavy (non-hydrogen) atoms. The van der Waals surface area contributed by atoms with Crippen LogP contribution in [0.15, 0.2) is 40.8 Å². The zero-order chi connectivity index (χ0) is 15.7. The molecule has 3 rings (SSSR count). The Morgan fingerprint density at radius 2 is 2.14 bits per heavy atom. The van der Waals surface area contributed by atoms with Gasteiger partial charge in [0.15, 0.2) is 5.58 Å². The molecule has 0 saturated heterocycles. The van der Waals surface area contributed by atoms with E-state index in [1.165, 1.54) is 18.2 Å². The Kier molecular flexibility index (Phi) is 3.68. The lowest BCUT2D eigenvalue weighted by Gasteiger charge is -2.06. The summed E-state index contributed by atoms with van der Waals surface area (Å²) in [6, 6.07) is 9.05. The molecule has 0 aliphatic rings. The fourth-order valence-corrected chi connectivity index (χ4v) is 2.26. The number of aromatic nitrogens is 1. The third kappa shape index (κ3) is 3.01. The lowest BCUT2D eigenvalue weighted by Crippen LogP contribution is -2.00. The van der Waals surface area contributed by atoms with Gasteiger partial charge in [-0.3, -0.25) is 4.79 Å². The predicted octanol–water partition coefficient (Wildman–Crippen LogP) is 3.99. The van der Waals surface area contributed by atoms with Crippen LogP contribution in [0.1, 0.15) is 5.56 Å². The van der Waals surface area contributed by atoms with Gasteiger partial charge in [-0.05, 0) is 29.8 Å². The lowest BCUT2D eigenvalue weighted by molar-refractivity contribution is -0.136. The molecule has 0 aliphatic heterocycles. The third-order valence-electron chi connectivity index (χ3n) is 2.98. The van der Waals surface area contributed by atoms with Crippen LogP contribution < -0.4 is 5.32 Å². The Hall–Kier alpha value is -2.60. The number of aliphatic carboxylic acids is 1. The number of carboxylic acid groups (broad SMARTS) is 1. The number of carboxylic acids is 1. The molecule has 0 atom stereocenters. The SMILES string of the molecule is O=C(O)Cc1ccc(Nc2nc3ccc(F)cc3o2)c(Cl)c1. The van der Waals surface area contributed by atoms with Gasteiger partial charge in [-0.2, -0.15) is 4.98 Å². The Bertz CT molecular complexity index is 863. The van der Waals surface area contributed by atoms with Crippen molar-refractivity contribution in [2.75, 3.05) is 5.32 Å². The van der Waals surface area contributed by atoms with Crippen LogP contribution in [0.3, 0.4) is 0 Å². The molecule has 0 bridgehead atoms. The van der Waals surface area contributed by atoms with Crippen molar-refractivity contribution < 1.29 is 18.7 Å². The monoisotopic (exact) mass is 320 g/mol. The Morgan fingerprint density at radius 1 is 1.32 bits per heavy atom. The van der Waals surface area contributed by atoms with E-state index in [0.29, 0.717) is 27.4 Å². The predicted molar refractivity (Wildman–Crippen MR) is 80.0 cm³/mol. The van der Waals surface area contributed by atoms with Gasteiger partial charge >= 0.3 is 5.97 Å². The largest absolute Gasteiger partial charge is 0.481 e. The highest BCUT2D eigenvalue weighted by molar-refractivity contribution is 6.33. The number of benzene rings is 2. The number of rotatable bonds is 4. The summed E-state index contributed by atoms with van der Waals surface area (Å²) in [4.78, 5) is 14.8. The van der Waals surface area contributed by atoms with Crippen molar-refractivity contribution in [2.24, 2.45) is 0 Å². The molecule has 2 N–H and O–H groups in total. The van der Waals surface area contributed by atoms with Crippen LogP contribution in [0.2, 0.25) is 5.02 Å². The second kappa shape index (κ2) is 5.65. The van der Waals surface area contributed by atoms with Crippen molar-refractivity contribution in [3.63, 3.8) is 0 Å². The molecule has 0 fully saturated rings. The highest BCUT2D eigenvalue weighted by Gasteiger charge is 2.10. The lowest BCUT2D eigenvalue weighted by atomic mass is 10.1. The molecule has 3 aromatic rings. The first-order valence-corrected chi connectivity index (χ1v) is 6.72. The van der Waals surface area contributed by atoms with E-state index in [-0.39, 0.29) is 12.4 Å². The second-order valence-corrected chi connectivity index (χ2v) is 5.05. The van der Waals surface area contributed by atoms with E-state index < -0.39 is 11.8 Å². The summed E-state index contributed by atoms with van der Waals surface area (Å²) in [6.45, 7) is 0. The smallest absolute Gasteiger partial charge is 0.307 e. The van der Waals surface area contributed by atoms with Gasteiger partial charge in [0.05, 0.1) is 17.1 Å². The summed E-state index contributed by atoms with van der Waals surface area (Å²) in [5.41, 5.74) is 1.94. The number of anilines is 2. The van der Waals surface area contributed by atoms with Crippen molar-refractivity contribution in [3.8, 4) is 0 Å². The molecule has 0 saturated carbocycles. The van der Waals surface area contributed by atoms with Crippen LogP contribution in [-0.4, -0.2) is 16.1 Å². The van der Waals surface area contributed by atoms with E-state index in [4.69, 9.17) is 21.1 Å². The fourth-order valence-electron chi connectivity index (χ4n) is 2.01. The van der Waals surface area contributed by atoms with Gasteiger partial charge in [-0.25, -0.2) is 4.39 Å². The van der Waals surface area contributed by atoms with Gasteiger partial charge < -0.3 is 14.8 Å². The molecule has 1 heterocycles. The molecule has 7 heteroatoms. The minimum atomic E-state index is -0.933. The fraction of sp³-hybridized carbons (Fsp3) is 0.0667. The van der Waals surface area contributed by atoms with E-state index in [9.17, 15) is 9.18 Å². The number of hydrogen-bond donors (Lipinski definition) is 2. The maximum absolute atomic E-state index is 13.1. The first-order valence-electron chi connectivity index (χ1n) is 6.34. The topological polar surface area (TPSA) is 75.4 Å². The summed E-state index contributed by atoms with van der Waals surface area (Å²) in [5.74, 6) is -1.34. The maximum atomic E-state index is 13.1. The zero-order valence-electron chi connectivity index (χ0n) is 11.1. The first kappa shape index (κ1) is 14.3. The Morgan fingerprint density at radius 3 is 2.86 bits per heavy atom. The quantitative estimate of drug-likeness (QED) is 0.760. The first-order chi connectivity index (χ1) is 10.5. The molecular weight excluding hydrogens is 311 g/mol. The van der Waals surface area contributed by atoms with Crippen molar-refractivity contribution in [1.29, 1.82) is 0 Å². The number of hydrogen-bond acceptors (Lipinski definition) is 4. The number of nitrogens with one attached hydrogen (secondary N) is 1. The molecule has 5 nitrogen and oxygen atoms in total. The van der Waals surface area contributed by atoms with E-state index >= 15 is 0 Å². The number of nitrogens with zero attached hydrogens (tertiary/aromatic N) is 1. The molecule has 0 radical (unpaired) electrons. The Balaban J connectivity index is 1.86. The number of fused-ring (bicyclic) bond motifs is 1. The molecule has 1 aromatic heterocycles. The molecule has 2 aromatic carbocycles. The molecule has 0 unspecified atom stereocenters. The summed E-state index contributed by atoms with van der Waals surface area (Å²) in [6.07, 6.45) is -0.109. The maximum Gasteiger partial charge on any atom is 0.307 e. The van der Waals surface area contributed by atoms with E-state index in [2.05, 4.69) is 10.3 Å². The summed E-state index contributed by atoms with van der Waals surface area (Å²) >= 11 is 6.10. The van der Waals surface area contributed by atoms with Crippen LogP contribution in [0.4, 0.5) is 16.1 Å². The van der Waals surface area contributed by atoms with Crippen LogP contribution >= 0.6 is 11.6 Å². The minimum absolute atomic E-state index is 0.109. The highest BCUT2D eigenvalue weighted by Crippen LogP contribution is 2.28. The van der Waals surface area contributed by atoms with Crippen molar-refractivity contribution in [3.05, 3.63) is 52.8 Å². The standard InChI is InChI=1S/C15H10ClFN2O3/c16-10-5-8(6-14(20)21)1-3-11(10)18-15-19-12-4-2-9(17)7-13(12)22-15/h1-5,7H,6H2,(H,18,19)(H,20,21). The summed E-state index contributed by atoms with van der Waals surface area (Å²) < 4.78 is 18.5. The average molecular weight is 321 g/mol. The van der Waals surface area contributed by atoms with E-state index in [1.807, 2.05) is 0 Å². The molecule has 0 amide bonds. The van der Waals surface area contributed by atoms with Gasteiger partial charge in [0.25, 0.3) is 6.01 Å². The average Bonchev–Trinajstić information content (AvgIpc) is 2.82. The van der Waals surface area contributed by atoms with Crippen LogP contribution in [0.5, 0.6) is 0 Å². The molecule has 112 valence electrons. The zero-order valence-corrected chi connectivity index (χ0v) is 11.9. The molecule has 0 spiro atoms. The second-order valence-electron chi connectivity index (χ2n) is 4.64. The number of oxazole rings is 1. The minimum Gasteiger partial charge on any atom is -0.481 e. The van der Waals surface area contributed by atoms with Crippen molar-refractivity contribution in [1.82, 2.24) is 4.98 Å². The van der Waals surface area contributed by atoms with Crippen LogP contribution in [-0.2, 0) is 11.2 Å². The number of carbonyl (C=O) groups is 1. The van der Waals surface area contributed by atoms with E-state index in [1.54, 1.807) is 18.2 Å². The number of halogens is 2. The van der Waals surface area contributed by atoms with Gasteiger partial charge in [0, 0.05) is 6.07 Å². The normalized spacial score (nSPS) is 10.8. The molecular formula is C15H10ClFN2O3. The van der Waals surface area contributed by atoms with Gasteiger partial charge in [0.2, 0.25) is 0 Å². The van der Waals surface area contributed by atoms with Gasteiger partial charge in [-0.1, -0.05) is 17.7 Å². The summed E-state index contributed by atoms with van der Waals surface area (Å²) in [5, 5.41) is 12.0. The van der Waals surface area contributed by atoms with Gasteiger partial charge in [-0.15, -0.1) is 0 Å². The van der Waals surface area contributed by atoms with Crippen molar-refractivity contribution >= 4 is 40.4 Å². The van der Waals surface area contributed by atoms with Crippen molar-refractivity contribution in [2.45, 2.75) is 6.42 Å². The van der Waals surface area contributed by atoms with E-state index in [0.717, 1.165) is 0 Å². The highest BCUT2D eigenvalue weighted by atomic mass is 35.5. The summed E-state index contributed by atoms with van der Waals surface area (Å²) in [7, 11) is 0. The molecule has 0 aliphatic carbocycles. The van der Waals surface area contributed by atoms with Crippen LogP contribution in [0, 0.1) is 5.82 Å². The van der Waals surface area contributed by atoms with Crippen LogP contribution in [0.25, 0.3) is 11.1 Å². The Labute approximate surface area is 129 Å². The third-order valence-corrected chi connectivity index (χ3v) is 3.29. The van der Waals surface area contributed by atoms with Gasteiger partial charge in [0.1, 0.15) is 11.3 Å².